The number of halogens is 1. The van der Waals surface area contributed by atoms with Crippen LogP contribution in [0.1, 0.15) is 26.7 Å². The Morgan fingerprint density at radius 1 is 1.41 bits per heavy atom. The van der Waals surface area contributed by atoms with Gasteiger partial charge in [0.2, 0.25) is 0 Å². The summed E-state index contributed by atoms with van der Waals surface area (Å²) in [5, 5.41) is 3.39. The van der Waals surface area contributed by atoms with Gasteiger partial charge >= 0.3 is 0 Å². The van der Waals surface area contributed by atoms with E-state index in [4.69, 9.17) is 0 Å². The maximum Gasteiger partial charge on any atom is 0.0545 e. The fourth-order valence-corrected chi connectivity index (χ4v) is 3.65. The molecule has 17 heavy (non-hydrogen) atoms. The van der Waals surface area contributed by atoms with Crippen LogP contribution in [0.3, 0.4) is 0 Å². The summed E-state index contributed by atoms with van der Waals surface area (Å²) in [5.74, 6) is 0.693. The molecule has 0 fully saturated rings. The highest BCUT2D eigenvalue weighted by molar-refractivity contribution is 9.10. The summed E-state index contributed by atoms with van der Waals surface area (Å²) in [5.41, 5.74) is 0. The lowest BCUT2D eigenvalue weighted by molar-refractivity contribution is 0.525. The van der Waals surface area contributed by atoms with Crippen LogP contribution in [0.4, 0.5) is 0 Å². The van der Waals surface area contributed by atoms with E-state index in [1.807, 2.05) is 24.3 Å². The first-order valence-corrected chi connectivity index (χ1v) is 8.15. The van der Waals surface area contributed by atoms with Gasteiger partial charge in [-0.25, -0.2) is 0 Å². The van der Waals surface area contributed by atoms with Crippen molar-refractivity contribution >= 4 is 26.7 Å². The zero-order valence-corrected chi connectivity index (χ0v) is 12.8. The molecule has 1 aromatic carbocycles. The summed E-state index contributed by atoms with van der Waals surface area (Å²) < 4.78 is 13.2. The largest absolute Gasteiger partial charge is 0.313 e. The molecular formula is C13H20BrNOS. The van der Waals surface area contributed by atoms with Crippen molar-refractivity contribution in [2.45, 2.75) is 37.6 Å². The summed E-state index contributed by atoms with van der Waals surface area (Å²) in [6, 6.07) is 8.10. The molecular weight excluding hydrogens is 298 g/mol. The van der Waals surface area contributed by atoms with Crippen molar-refractivity contribution in [3.05, 3.63) is 28.7 Å². The van der Waals surface area contributed by atoms with Gasteiger partial charge in [-0.2, -0.15) is 0 Å². The van der Waals surface area contributed by atoms with Crippen LogP contribution in [0.15, 0.2) is 33.6 Å². The second kappa shape index (κ2) is 8.01. The lowest BCUT2D eigenvalue weighted by Crippen LogP contribution is -2.33. The third kappa shape index (κ3) is 5.32. The van der Waals surface area contributed by atoms with Crippen molar-refractivity contribution in [3.8, 4) is 0 Å². The van der Waals surface area contributed by atoms with Crippen LogP contribution in [0, 0.1) is 0 Å². The van der Waals surface area contributed by atoms with Gasteiger partial charge in [0.25, 0.3) is 0 Å². The van der Waals surface area contributed by atoms with Crippen molar-refractivity contribution in [1.29, 1.82) is 0 Å². The molecule has 1 rings (SSSR count). The number of nitrogens with one attached hydrogen (secondary N) is 1. The highest BCUT2D eigenvalue weighted by atomic mass is 79.9. The van der Waals surface area contributed by atoms with Gasteiger partial charge in [-0.1, -0.05) is 42.3 Å². The van der Waals surface area contributed by atoms with E-state index >= 15 is 0 Å². The molecule has 1 aromatic rings. The monoisotopic (exact) mass is 317 g/mol. The Labute approximate surface area is 115 Å². The normalized spacial score (nSPS) is 14.5. The number of hydrogen-bond acceptors (Lipinski definition) is 2. The average Bonchev–Trinajstić information content (AvgIpc) is 2.29. The van der Waals surface area contributed by atoms with Crippen molar-refractivity contribution in [1.82, 2.24) is 5.32 Å². The Balaban J connectivity index is 2.63. The third-order valence-electron chi connectivity index (χ3n) is 2.54. The lowest BCUT2D eigenvalue weighted by atomic mass is 10.2. The summed E-state index contributed by atoms with van der Waals surface area (Å²) in [7, 11) is -0.919. The van der Waals surface area contributed by atoms with E-state index in [1.54, 1.807) is 0 Å². The summed E-state index contributed by atoms with van der Waals surface area (Å²) >= 11 is 3.41. The molecule has 0 aliphatic rings. The van der Waals surface area contributed by atoms with E-state index in [9.17, 15) is 4.21 Å². The molecule has 2 atom stereocenters. The van der Waals surface area contributed by atoms with Gasteiger partial charge < -0.3 is 5.32 Å². The quantitative estimate of drug-likeness (QED) is 0.835. The SMILES string of the molecule is CCCC(CS(=O)c1cccc(Br)c1)NCC. The molecule has 4 heteroatoms. The average molecular weight is 318 g/mol. The summed E-state index contributed by atoms with van der Waals surface area (Å²) in [4.78, 5) is 0.901. The third-order valence-corrected chi connectivity index (χ3v) is 4.52. The zero-order valence-electron chi connectivity index (χ0n) is 10.4. The highest BCUT2D eigenvalue weighted by Crippen LogP contribution is 2.16. The van der Waals surface area contributed by atoms with Gasteiger partial charge in [-0.05, 0) is 31.2 Å². The molecule has 0 heterocycles. The van der Waals surface area contributed by atoms with Crippen LogP contribution in [-0.2, 0) is 10.8 Å². The van der Waals surface area contributed by atoms with Gasteiger partial charge in [0.1, 0.15) is 0 Å². The molecule has 0 spiro atoms. The molecule has 0 aliphatic heterocycles. The topological polar surface area (TPSA) is 29.1 Å². The number of benzene rings is 1. The van der Waals surface area contributed by atoms with Gasteiger partial charge in [0.05, 0.1) is 10.8 Å². The van der Waals surface area contributed by atoms with Crippen LogP contribution >= 0.6 is 15.9 Å². The Bertz CT molecular complexity index is 364. The molecule has 2 unspecified atom stereocenters. The maximum absolute atomic E-state index is 12.2. The van der Waals surface area contributed by atoms with E-state index < -0.39 is 10.8 Å². The molecule has 2 nitrogen and oxygen atoms in total. The fourth-order valence-electron chi connectivity index (χ4n) is 1.77. The molecule has 0 radical (unpaired) electrons. The van der Waals surface area contributed by atoms with Crippen molar-refractivity contribution in [3.63, 3.8) is 0 Å². The minimum absolute atomic E-state index is 0.352. The minimum atomic E-state index is -0.919. The zero-order chi connectivity index (χ0) is 12.7. The van der Waals surface area contributed by atoms with Crippen LogP contribution in [0.25, 0.3) is 0 Å². The summed E-state index contributed by atoms with van der Waals surface area (Å²) in [6.07, 6.45) is 2.20. The Morgan fingerprint density at radius 3 is 2.76 bits per heavy atom. The fraction of sp³-hybridized carbons (Fsp3) is 0.538. The second-order valence-corrected chi connectivity index (χ2v) is 6.42. The van der Waals surface area contributed by atoms with E-state index in [1.165, 1.54) is 0 Å². The Morgan fingerprint density at radius 2 is 2.18 bits per heavy atom. The molecule has 0 aromatic heterocycles. The van der Waals surface area contributed by atoms with E-state index in [-0.39, 0.29) is 0 Å². The number of rotatable bonds is 7. The lowest BCUT2D eigenvalue weighted by Gasteiger charge is -2.16. The molecule has 1 N–H and O–H groups in total. The molecule has 96 valence electrons. The summed E-state index contributed by atoms with van der Waals surface area (Å²) in [6.45, 7) is 5.18. The molecule has 0 amide bonds. The predicted octanol–water partition coefficient (Wildman–Crippen LogP) is 3.33. The molecule has 0 bridgehead atoms. The standard InChI is InChI=1S/C13H20BrNOS/c1-3-6-12(15-4-2)10-17(16)13-8-5-7-11(14)9-13/h5,7-9,12,15H,3-4,6,10H2,1-2H3. The van der Waals surface area contributed by atoms with Gasteiger partial charge in [0, 0.05) is 21.2 Å². The molecule has 0 aliphatic carbocycles. The first-order chi connectivity index (χ1) is 8.17. The van der Waals surface area contributed by atoms with Gasteiger partial charge in [-0.15, -0.1) is 0 Å². The van der Waals surface area contributed by atoms with E-state index in [0.29, 0.717) is 11.8 Å². The van der Waals surface area contributed by atoms with E-state index in [0.717, 1.165) is 28.8 Å². The minimum Gasteiger partial charge on any atom is -0.313 e. The van der Waals surface area contributed by atoms with Crippen molar-refractivity contribution < 1.29 is 4.21 Å². The number of hydrogen-bond donors (Lipinski definition) is 1. The van der Waals surface area contributed by atoms with Gasteiger partial charge in [-0.3, -0.25) is 4.21 Å². The molecule has 0 saturated carbocycles. The maximum atomic E-state index is 12.2. The van der Waals surface area contributed by atoms with Crippen molar-refractivity contribution in [2.24, 2.45) is 0 Å². The highest BCUT2D eigenvalue weighted by Gasteiger charge is 2.12. The van der Waals surface area contributed by atoms with Crippen LogP contribution in [0.5, 0.6) is 0 Å². The molecule has 0 saturated heterocycles. The smallest absolute Gasteiger partial charge is 0.0545 e. The van der Waals surface area contributed by atoms with Gasteiger partial charge in [0.15, 0.2) is 0 Å². The van der Waals surface area contributed by atoms with Crippen LogP contribution in [-0.4, -0.2) is 22.5 Å². The van der Waals surface area contributed by atoms with Crippen LogP contribution in [0.2, 0.25) is 0 Å². The van der Waals surface area contributed by atoms with Crippen molar-refractivity contribution in [2.75, 3.05) is 12.3 Å². The Hall–Kier alpha value is -0.190. The Kier molecular flexibility index (Phi) is 7.00. The first-order valence-electron chi connectivity index (χ1n) is 6.04. The first kappa shape index (κ1) is 14.9. The predicted molar refractivity (Wildman–Crippen MR) is 77.8 cm³/mol. The van der Waals surface area contributed by atoms with E-state index in [2.05, 4.69) is 35.1 Å². The van der Waals surface area contributed by atoms with Crippen LogP contribution < -0.4 is 5.32 Å². The second-order valence-electron chi connectivity index (χ2n) is 4.01.